The Morgan fingerprint density at radius 2 is 1.82 bits per heavy atom. The summed E-state index contributed by atoms with van der Waals surface area (Å²) >= 11 is 0. The summed E-state index contributed by atoms with van der Waals surface area (Å²) in [5.74, 6) is -0.233. The maximum absolute atomic E-state index is 14.5. The van der Waals surface area contributed by atoms with Gasteiger partial charge < -0.3 is 15.4 Å². The molecule has 1 saturated carbocycles. The number of carbonyl (C=O) groups excluding carboxylic acids is 1. The molecule has 1 fully saturated rings. The highest BCUT2D eigenvalue weighted by Crippen LogP contribution is 2.35. The van der Waals surface area contributed by atoms with Crippen LogP contribution in [0.3, 0.4) is 0 Å². The van der Waals surface area contributed by atoms with Gasteiger partial charge in [0.1, 0.15) is 17.3 Å². The van der Waals surface area contributed by atoms with Gasteiger partial charge in [-0.3, -0.25) is 4.79 Å². The molecule has 4 rings (SSSR count). The molecule has 1 aliphatic carbocycles. The highest BCUT2D eigenvalue weighted by atomic mass is 19.4. The molecule has 33 heavy (non-hydrogen) atoms. The van der Waals surface area contributed by atoms with E-state index in [1.807, 2.05) is 0 Å². The Hall–Kier alpha value is -3.36. The van der Waals surface area contributed by atoms with Crippen molar-refractivity contribution in [1.29, 1.82) is 0 Å². The van der Waals surface area contributed by atoms with Crippen LogP contribution in [-0.4, -0.2) is 30.1 Å². The van der Waals surface area contributed by atoms with Gasteiger partial charge in [-0.1, -0.05) is 6.07 Å². The molecule has 0 radical (unpaired) electrons. The van der Waals surface area contributed by atoms with Crippen LogP contribution in [0, 0.1) is 5.82 Å². The Labute approximate surface area is 188 Å². The number of hydrogen-bond acceptors (Lipinski definition) is 4. The molecule has 0 aliphatic heterocycles. The first-order valence-electron chi connectivity index (χ1n) is 10.6. The molecule has 0 unspecified atom stereocenters. The average molecular weight is 461 g/mol. The molecule has 0 saturated heterocycles. The Morgan fingerprint density at radius 3 is 2.52 bits per heavy atom. The fourth-order valence-electron chi connectivity index (χ4n) is 4.19. The Balaban J connectivity index is 1.51. The number of anilines is 1. The van der Waals surface area contributed by atoms with Gasteiger partial charge in [0.2, 0.25) is 0 Å². The van der Waals surface area contributed by atoms with Gasteiger partial charge in [0, 0.05) is 23.3 Å². The minimum absolute atomic E-state index is 0.0230. The monoisotopic (exact) mass is 461 g/mol. The number of amides is 1. The lowest BCUT2D eigenvalue weighted by Crippen LogP contribution is -2.41. The fraction of sp³-hybridized carbons (Fsp3) is 0.333. The average Bonchev–Trinajstić information content (AvgIpc) is 2.78. The molecule has 3 aromatic rings. The van der Waals surface area contributed by atoms with E-state index in [9.17, 15) is 22.4 Å². The Kier molecular flexibility index (Phi) is 6.40. The predicted molar refractivity (Wildman–Crippen MR) is 117 cm³/mol. The summed E-state index contributed by atoms with van der Waals surface area (Å²) in [6, 6.07) is 11.1. The van der Waals surface area contributed by atoms with Gasteiger partial charge in [-0.2, -0.15) is 13.2 Å². The SMILES string of the molecule is COc1ccc(C(=O)N[C@@H]2CCC[C@H](Nc3cc(C(F)(F)F)nc4cccc(F)c34)C2)cc1. The van der Waals surface area contributed by atoms with E-state index in [2.05, 4.69) is 15.6 Å². The third kappa shape index (κ3) is 5.18. The lowest BCUT2D eigenvalue weighted by atomic mass is 9.90. The molecule has 1 heterocycles. The van der Waals surface area contributed by atoms with Crippen LogP contribution in [0.25, 0.3) is 10.9 Å². The number of alkyl halides is 3. The van der Waals surface area contributed by atoms with Crippen molar-refractivity contribution < 1.29 is 27.1 Å². The van der Waals surface area contributed by atoms with Gasteiger partial charge >= 0.3 is 6.18 Å². The number of benzene rings is 2. The minimum atomic E-state index is -4.65. The smallest absolute Gasteiger partial charge is 0.433 e. The third-order valence-electron chi connectivity index (χ3n) is 5.79. The van der Waals surface area contributed by atoms with Gasteiger partial charge in [0.25, 0.3) is 5.91 Å². The van der Waals surface area contributed by atoms with Crippen LogP contribution in [0.15, 0.2) is 48.5 Å². The lowest BCUT2D eigenvalue weighted by Gasteiger charge is -2.31. The maximum atomic E-state index is 14.5. The number of halogens is 4. The molecule has 2 aromatic carbocycles. The van der Waals surface area contributed by atoms with Gasteiger partial charge in [-0.05, 0) is 68.1 Å². The molecular formula is C24H23F4N3O2. The fourth-order valence-corrected chi connectivity index (χ4v) is 4.19. The van der Waals surface area contributed by atoms with Gasteiger partial charge in [0.05, 0.1) is 18.0 Å². The molecule has 0 spiro atoms. The van der Waals surface area contributed by atoms with Crippen LogP contribution in [0.5, 0.6) is 5.75 Å². The van der Waals surface area contributed by atoms with Crippen molar-refractivity contribution >= 4 is 22.5 Å². The summed E-state index contributed by atoms with van der Waals surface area (Å²) < 4.78 is 59.6. The van der Waals surface area contributed by atoms with Crippen molar-refractivity contribution in [3.8, 4) is 5.75 Å². The summed E-state index contributed by atoms with van der Waals surface area (Å²) in [5.41, 5.74) is -0.601. The number of fused-ring (bicyclic) bond motifs is 1. The zero-order valence-corrected chi connectivity index (χ0v) is 17.9. The summed E-state index contributed by atoms with van der Waals surface area (Å²) in [4.78, 5) is 16.2. The summed E-state index contributed by atoms with van der Waals surface area (Å²) in [6.45, 7) is 0. The largest absolute Gasteiger partial charge is 0.497 e. The van der Waals surface area contributed by atoms with E-state index < -0.39 is 17.7 Å². The van der Waals surface area contributed by atoms with E-state index in [4.69, 9.17) is 4.74 Å². The summed E-state index contributed by atoms with van der Waals surface area (Å²) in [6.07, 6.45) is -1.95. The predicted octanol–water partition coefficient (Wildman–Crippen LogP) is 5.55. The van der Waals surface area contributed by atoms with E-state index in [-0.39, 0.29) is 34.6 Å². The van der Waals surface area contributed by atoms with Gasteiger partial charge in [0.15, 0.2) is 0 Å². The van der Waals surface area contributed by atoms with E-state index in [1.54, 1.807) is 31.4 Å². The number of carbonyl (C=O) groups is 1. The lowest BCUT2D eigenvalue weighted by molar-refractivity contribution is -0.140. The number of pyridine rings is 1. The first kappa shape index (κ1) is 22.8. The van der Waals surface area contributed by atoms with Crippen LogP contribution in [0.1, 0.15) is 41.7 Å². The summed E-state index contributed by atoms with van der Waals surface area (Å²) in [5, 5.41) is 6.10. The van der Waals surface area contributed by atoms with Gasteiger partial charge in [-0.15, -0.1) is 0 Å². The third-order valence-corrected chi connectivity index (χ3v) is 5.79. The zero-order valence-electron chi connectivity index (χ0n) is 17.9. The number of hydrogen-bond donors (Lipinski definition) is 2. The first-order valence-corrected chi connectivity index (χ1v) is 10.6. The van der Waals surface area contributed by atoms with Crippen molar-refractivity contribution in [2.45, 2.75) is 43.9 Å². The number of rotatable bonds is 5. The number of methoxy groups -OCH3 is 1. The molecule has 2 N–H and O–H groups in total. The second-order valence-electron chi connectivity index (χ2n) is 8.09. The van der Waals surface area contributed by atoms with Crippen LogP contribution in [0.4, 0.5) is 23.2 Å². The van der Waals surface area contributed by atoms with Crippen molar-refractivity contribution in [1.82, 2.24) is 10.3 Å². The number of ether oxygens (including phenoxy) is 1. The number of aromatic nitrogens is 1. The van der Waals surface area contributed by atoms with E-state index in [0.717, 1.165) is 18.9 Å². The highest BCUT2D eigenvalue weighted by molar-refractivity contribution is 5.94. The number of nitrogens with zero attached hydrogens (tertiary/aromatic N) is 1. The van der Waals surface area contributed by atoms with Crippen molar-refractivity contribution in [3.63, 3.8) is 0 Å². The summed E-state index contributed by atoms with van der Waals surface area (Å²) in [7, 11) is 1.54. The second-order valence-corrected chi connectivity index (χ2v) is 8.09. The van der Waals surface area contributed by atoms with E-state index >= 15 is 0 Å². The Bertz CT molecular complexity index is 1150. The topological polar surface area (TPSA) is 63.2 Å². The van der Waals surface area contributed by atoms with Gasteiger partial charge in [-0.25, -0.2) is 9.37 Å². The quantitative estimate of drug-likeness (QED) is 0.489. The molecule has 0 bridgehead atoms. The molecule has 1 amide bonds. The maximum Gasteiger partial charge on any atom is 0.433 e. The van der Waals surface area contributed by atoms with Crippen molar-refractivity contribution in [3.05, 3.63) is 65.6 Å². The molecule has 2 atom stereocenters. The second kappa shape index (κ2) is 9.25. The normalized spacial score (nSPS) is 18.7. The van der Waals surface area contributed by atoms with Crippen molar-refractivity contribution in [2.75, 3.05) is 12.4 Å². The standard InChI is InChI=1S/C24H23F4N3O2/c1-33-17-10-8-14(9-11-17)23(32)30-16-5-2-4-15(12-16)29-20-13-21(24(26,27)28)31-19-7-3-6-18(25)22(19)20/h3,6-11,13,15-16H,2,4-5,12H2,1H3,(H,29,31)(H,30,32)/t15-,16+/m0/s1. The van der Waals surface area contributed by atoms with Crippen LogP contribution in [-0.2, 0) is 6.18 Å². The molecule has 174 valence electrons. The zero-order chi connectivity index (χ0) is 23.6. The molecule has 9 heteroatoms. The van der Waals surface area contributed by atoms with E-state index in [0.29, 0.717) is 24.2 Å². The Morgan fingerprint density at radius 1 is 1.09 bits per heavy atom. The van der Waals surface area contributed by atoms with Crippen LogP contribution in [0.2, 0.25) is 0 Å². The molecular weight excluding hydrogens is 438 g/mol. The van der Waals surface area contributed by atoms with Crippen molar-refractivity contribution in [2.24, 2.45) is 0 Å². The van der Waals surface area contributed by atoms with E-state index in [1.165, 1.54) is 18.2 Å². The number of nitrogens with one attached hydrogen (secondary N) is 2. The highest BCUT2D eigenvalue weighted by Gasteiger charge is 2.34. The molecule has 1 aliphatic rings. The first-order chi connectivity index (χ1) is 15.7. The van der Waals surface area contributed by atoms with Crippen LogP contribution >= 0.6 is 0 Å². The molecule has 5 nitrogen and oxygen atoms in total. The molecule has 1 aromatic heterocycles. The van der Waals surface area contributed by atoms with Crippen LogP contribution < -0.4 is 15.4 Å². The minimum Gasteiger partial charge on any atom is -0.497 e.